The Kier molecular flexibility index (Phi) is 5.65. The summed E-state index contributed by atoms with van der Waals surface area (Å²) in [7, 11) is 0. The van der Waals surface area contributed by atoms with Gasteiger partial charge in [-0.1, -0.05) is 60.7 Å². The average molecular weight is 323 g/mol. The molecule has 0 bridgehead atoms. The van der Waals surface area contributed by atoms with Crippen LogP contribution in [0, 0.1) is 5.92 Å². The molecule has 3 nitrogen and oxygen atoms in total. The number of carbonyl (C=O) groups excluding carboxylic acids is 1. The van der Waals surface area contributed by atoms with Crippen LogP contribution in [0.5, 0.6) is 0 Å². The molecule has 24 heavy (non-hydrogen) atoms. The Bertz CT molecular complexity index is 594. The predicted octanol–water partition coefficient (Wildman–Crippen LogP) is 3.44. The van der Waals surface area contributed by atoms with Crippen molar-refractivity contribution >= 4 is 5.91 Å². The van der Waals surface area contributed by atoms with Gasteiger partial charge in [0.05, 0.1) is 0 Å². The van der Waals surface area contributed by atoms with E-state index in [0.717, 1.165) is 25.9 Å². The summed E-state index contributed by atoms with van der Waals surface area (Å²) in [5.41, 5.74) is 2.37. The molecular formula is C21H25NO2. The zero-order valence-electron chi connectivity index (χ0n) is 14.0. The molecule has 1 aliphatic rings. The molecule has 2 aromatic rings. The van der Waals surface area contributed by atoms with Gasteiger partial charge in [0.2, 0.25) is 5.91 Å². The number of hydrogen-bond donors (Lipinski definition) is 1. The van der Waals surface area contributed by atoms with Crippen molar-refractivity contribution in [2.45, 2.75) is 25.2 Å². The summed E-state index contributed by atoms with van der Waals surface area (Å²) < 4.78 is 0. The second-order valence-electron chi connectivity index (χ2n) is 6.58. The van der Waals surface area contributed by atoms with Gasteiger partial charge < -0.3 is 10.0 Å². The topological polar surface area (TPSA) is 40.5 Å². The first-order chi connectivity index (χ1) is 11.8. The van der Waals surface area contributed by atoms with Crippen molar-refractivity contribution in [3.63, 3.8) is 0 Å². The van der Waals surface area contributed by atoms with Gasteiger partial charge in [-0.15, -0.1) is 0 Å². The number of benzene rings is 2. The number of carbonyl (C=O) groups is 1. The highest BCUT2D eigenvalue weighted by atomic mass is 16.3. The van der Waals surface area contributed by atoms with Crippen molar-refractivity contribution in [2.75, 3.05) is 19.7 Å². The molecule has 1 N–H and O–H groups in total. The van der Waals surface area contributed by atoms with Crippen molar-refractivity contribution in [1.29, 1.82) is 0 Å². The minimum Gasteiger partial charge on any atom is -0.396 e. The van der Waals surface area contributed by atoms with Crippen LogP contribution in [0.15, 0.2) is 60.7 Å². The highest BCUT2D eigenvalue weighted by Gasteiger charge is 2.25. The van der Waals surface area contributed by atoms with Crippen LogP contribution >= 0.6 is 0 Å². The molecule has 0 atom stereocenters. The fourth-order valence-corrected chi connectivity index (χ4v) is 3.47. The van der Waals surface area contributed by atoms with Crippen LogP contribution in [-0.4, -0.2) is 35.6 Å². The first-order valence-electron chi connectivity index (χ1n) is 8.76. The van der Waals surface area contributed by atoms with E-state index in [1.807, 2.05) is 41.3 Å². The molecule has 3 rings (SSSR count). The Morgan fingerprint density at radius 1 is 0.958 bits per heavy atom. The van der Waals surface area contributed by atoms with Crippen LogP contribution in [-0.2, 0) is 4.79 Å². The van der Waals surface area contributed by atoms with Crippen molar-refractivity contribution in [2.24, 2.45) is 5.92 Å². The quantitative estimate of drug-likeness (QED) is 0.916. The van der Waals surface area contributed by atoms with Crippen LogP contribution in [0.4, 0.5) is 0 Å². The first kappa shape index (κ1) is 16.7. The standard InChI is InChI=1S/C21H25NO2/c23-16-17-11-13-22(14-12-17)21(24)15-20(18-7-3-1-4-8-18)19-9-5-2-6-10-19/h1-10,17,20,23H,11-16H2. The van der Waals surface area contributed by atoms with Crippen LogP contribution < -0.4 is 0 Å². The van der Waals surface area contributed by atoms with Gasteiger partial charge in [0.15, 0.2) is 0 Å². The second kappa shape index (κ2) is 8.11. The van der Waals surface area contributed by atoms with Gasteiger partial charge in [-0.3, -0.25) is 4.79 Å². The minimum atomic E-state index is 0.0930. The van der Waals surface area contributed by atoms with Crippen molar-refractivity contribution in [3.8, 4) is 0 Å². The van der Waals surface area contributed by atoms with Gasteiger partial charge in [0.25, 0.3) is 0 Å². The third-order valence-corrected chi connectivity index (χ3v) is 5.01. The molecule has 126 valence electrons. The van der Waals surface area contributed by atoms with Gasteiger partial charge in [0.1, 0.15) is 0 Å². The van der Waals surface area contributed by atoms with Gasteiger partial charge in [-0.25, -0.2) is 0 Å². The second-order valence-corrected chi connectivity index (χ2v) is 6.58. The summed E-state index contributed by atoms with van der Waals surface area (Å²) in [6, 6.07) is 20.5. The largest absolute Gasteiger partial charge is 0.396 e. The summed E-state index contributed by atoms with van der Waals surface area (Å²) in [6.45, 7) is 1.76. The summed E-state index contributed by atoms with van der Waals surface area (Å²) in [6.07, 6.45) is 2.31. The average Bonchev–Trinajstić information content (AvgIpc) is 2.67. The van der Waals surface area contributed by atoms with Gasteiger partial charge in [-0.05, 0) is 29.9 Å². The summed E-state index contributed by atoms with van der Waals surface area (Å²) in [4.78, 5) is 14.8. The molecule has 0 unspecified atom stereocenters. The number of hydrogen-bond acceptors (Lipinski definition) is 2. The fraction of sp³-hybridized carbons (Fsp3) is 0.381. The Balaban J connectivity index is 1.74. The van der Waals surface area contributed by atoms with Gasteiger partial charge >= 0.3 is 0 Å². The van der Waals surface area contributed by atoms with E-state index in [2.05, 4.69) is 24.3 Å². The van der Waals surface area contributed by atoms with Crippen LogP contribution in [0.3, 0.4) is 0 Å². The molecule has 1 heterocycles. The maximum absolute atomic E-state index is 12.8. The lowest BCUT2D eigenvalue weighted by atomic mass is 9.87. The van der Waals surface area contributed by atoms with E-state index in [1.54, 1.807) is 0 Å². The van der Waals surface area contributed by atoms with Crippen LogP contribution in [0.1, 0.15) is 36.3 Å². The first-order valence-corrected chi connectivity index (χ1v) is 8.76. The number of amides is 1. The smallest absolute Gasteiger partial charge is 0.223 e. The fourth-order valence-electron chi connectivity index (χ4n) is 3.47. The molecule has 2 aromatic carbocycles. The van der Waals surface area contributed by atoms with E-state index in [1.165, 1.54) is 11.1 Å². The maximum atomic E-state index is 12.8. The van der Waals surface area contributed by atoms with E-state index < -0.39 is 0 Å². The van der Waals surface area contributed by atoms with E-state index in [-0.39, 0.29) is 18.4 Å². The number of aliphatic hydroxyl groups is 1. The SMILES string of the molecule is O=C(CC(c1ccccc1)c1ccccc1)N1CCC(CO)CC1. The Morgan fingerprint density at radius 3 is 1.92 bits per heavy atom. The summed E-state index contributed by atoms with van der Waals surface area (Å²) >= 11 is 0. The normalized spacial score (nSPS) is 15.7. The molecular weight excluding hydrogens is 298 g/mol. The molecule has 0 spiro atoms. The maximum Gasteiger partial charge on any atom is 0.223 e. The van der Waals surface area contributed by atoms with Crippen molar-refractivity contribution in [1.82, 2.24) is 4.90 Å². The Morgan fingerprint density at radius 2 is 1.46 bits per heavy atom. The zero-order chi connectivity index (χ0) is 16.8. The molecule has 1 saturated heterocycles. The van der Waals surface area contributed by atoms with Crippen LogP contribution in [0.2, 0.25) is 0 Å². The van der Waals surface area contributed by atoms with Crippen molar-refractivity contribution < 1.29 is 9.90 Å². The Hall–Kier alpha value is -2.13. The molecule has 0 radical (unpaired) electrons. The third kappa shape index (κ3) is 4.04. The molecule has 1 fully saturated rings. The molecule has 1 amide bonds. The Labute approximate surface area is 143 Å². The molecule has 1 aliphatic heterocycles. The molecule has 3 heteroatoms. The van der Waals surface area contributed by atoms with Gasteiger partial charge in [0, 0.05) is 32.0 Å². The number of likely N-dealkylation sites (tertiary alicyclic amines) is 1. The predicted molar refractivity (Wildman–Crippen MR) is 95.7 cm³/mol. The number of aliphatic hydroxyl groups excluding tert-OH is 1. The minimum absolute atomic E-state index is 0.0930. The number of piperidine rings is 1. The van der Waals surface area contributed by atoms with E-state index >= 15 is 0 Å². The van der Waals surface area contributed by atoms with Gasteiger partial charge in [-0.2, -0.15) is 0 Å². The lowest BCUT2D eigenvalue weighted by Gasteiger charge is -2.32. The molecule has 0 aromatic heterocycles. The van der Waals surface area contributed by atoms with E-state index in [0.29, 0.717) is 12.3 Å². The summed E-state index contributed by atoms with van der Waals surface area (Å²) in [5, 5.41) is 9.26. The third-order valence-electron chi connectivity index (χ3n) is 5.01. The lowest BCUT2D eigenvalue weighted by Crippen LogP contribution is -2.39. The van der Waals surface area contributed by atoms with E-state index in [9.17, 15) is 9.90 Å². The number of rotatable bonds is 5. The lowest BCUT2D eigenvalue weighted by molar-refractivity contribution is -0.133. The zero-order valence-corrected chi connectivity index (χ0v) is 14.0. The number of nitrogens with zero attached hydrogens (tertiary/aromatic N) is 1. The van der Waals surface area contributed by atoms with Crippen molar-refractivity contribution in [3.05, 3.63) is 71.8 Å². The van der Waals surface area contributed by atoms with Crippen LogP contribution in [0.25, 0.3) is 0 Å². The molecule has 0 aliphatic carbocycles. The monoisotopic (exact) mass is 323 g/mol. The highest BCUT2D eigenvalue weighted by molar-refractivity contribution is 5.78. The highest BCUT2D eigenvalue weighted by Crippen LogP contribution is 2.29. The summed E-state index contributed by atoms with van der Waals surface area (Å²) in [5.74, 6) is 0.660. The molecule has 0 saturated carbocycles. The van der Waals surface area contributed by atoms with E-state index in [4.69, 9.17) is 0 Å².